The minimum absolute atomic E-state index is 0.0981. The van der Waals surface area contributed by atoms with Crippen LogP contribution in [0.5, 0.6) is 5.75 Å². The van der Waals surface area contributed by atoms with Crippen molar-refractivity contribution in [3.8, 4) is 5.75 Å². The number of carbonyl (C=O) groups is 2. The lowest BCUT2D eigenvalue weighted by atomic mass is 9.87. The van der Waals surface area contributed by atoms with Gasteiger partial charge in [0.05, 0.1) is 6.54 Å². The molecule has 182 valence electrons. The van der Waals surface area contributed by atoms with Crippen molar-refractivity contribution < 1.29 is 27.9 Å². The number of hydrogen-bond acceptors (Lipinski definition) is 7. The van der Waals surface area contributed by atoms with Crippen LogP contribution in [0.4, 0.5) is 13.2 Å². The number of hydrogen-bond donors (Lipinski definition) is 3. The molecule has 0 aliphatic carbocycles. The van der Waals surface area contributed by atoms with Crippen molar-refractivity contribution in [2.75, 3.05) is 6.54 Å². The molecule has 1 aliphatic heterocycles. The van der Waals surface area contributed by atoms with Crippen LogP contribution in [0, 0.1) is 5.82 Å². The van der Waals surface area contributed by atoms with Crippen LogP contribution >= 0.6 is 0 Å². The first kappa shape index (κ1) is 24.1. The van der Waals surface area contributed by atoms with Crippen LogP contribution in [0.1, 0.15) is 38.8 Å². The molecule has 35 heavy (non-hydrogen) atoms. The lowest BCUT2D eigenvalue weighted by molar-refractivity contribution is 0.0145. The second-order valence-corrected chi connectivity index (χ2v) is 8.14. The van der Waals surface area contributed by atoms with Gasteiger partial charge in [0, 0.05) is 26.2 Å². The molecule has 3 heterocycles. The number of Topliss-reactive ketones (excluding diaryl/α,β-unsaturated/α-hetero) is 1. The Bertz CT molecular complexity index is 1350. The smallest absolute Gasteiger partial charge is 0.296 e. The normalized spacial score (nSPS) is 18.9. The number of aromatic hydroxyl groups is 1. The summed E-state index contributed by atoms with van der Waals surface area (Å²) in [5.74, 6) is -7.15. The van der Waals surface area contributed by atoms with Gasteiger partial charge in [0.15, 0.2) is 5.69 Å². The molecule has 0 radical (unpaired) electrons. The quantitative estimate of drug-likeness (QED) is 0.452. The van der Waals surface area contributed by atoms with Gasteiger partial charge in [0.1, 0.15) is 22.9 Å². The van der Waals surface area contributed by atoms with Gasteiger partial charge in [-0.1, -0.05) is 18.2 Å². The number of rotatable bonds is 6. The molecule has 3 N–H and O–H groups in total. The van der Waals surface area contributed by atoms with Crippen molar-refractivity contribution in [1.82, 2.24) is 25.2 Å². The van der Waals surface area contributed by atoms with Crippen LogP contribution < -0.4 is 16.2 Å². The molecule has 9 nitrogen and oxygen atoms in total. The summed E-state index contributed by atoms with van der Waals surface area (Å²) < 4.78 is 42.7. The number of carbonyl (C=O) groups excluding carboxylic acids is 2. The zero-order chi connectivity index (χ0) is 25.4. The number of aromatic nitrogens is 3. The summed E-state index contributed by atoms with van der Waals surface area (Å²) in [4.78, 5) is 46.9. The van der Waals surface area contributed by atoms with Crippen molar-refractivity contribution in [3.05, 3.63) is 87.6 Å². The van der Waals surface area contributed by atoms with E-state index < -0.39 is 64.8 Å². The summed E-state index contributed by atoms with van der Waals surface area (Å²) in [5.41, 5.74) is -3.67. The summed E-state index contributed by atoms with van der Waals surface area (Å²) in [7, 11) is 1.15. The van der Waals surface area contributed by atoms with Gasteiger partial charge >= 0.3 is 0 Å². The monoisotopic (exact) mass is 487 g/mol. The number of benzene rings is 1. The van der Waals surface area contributed by atoms with Gasteiger partial charge in [0.25, 0.3) is 17.4 Å². The van der Waals surface area contributed by atoms with E-state index >= 15 is 0 Å². The number of alkyl halides is 2. The highest BCUT2D eigenvalue weighted by atomic mass is 19.3. The molecular formula is C23H20F3N5O4. The average molecular weight is 487 g/mol. The highest BCUT2D eigenvalue weighted by Gasteiger charge is 2.57. The molecule has 1 aromatic carbocycles. The Kier molecular flexibility index (Phi) is 6.15. The fraction of sp³-hybridized carbons (Fsp3) is 0.261. The third-order valence-corrected chi connectivity index (χ3v) is 5.69. The molecule has 1 atom stereocenters. The van der Waals surface area contributed by atoms with Gasteiger partial charge in [-0.15, -0.1) is 0 Å². The van der Waals surface area contributed by atoms with E-state index in [1.165, 1.54) is 48.7 Å². The molecule has 1 saturated heterocycles. The van der Waals surface area contributed by atoms with E-state index in [-0.39, 0.29) is 12.2 Å². The van der Waals surface area contributed by atoms with Gasteiger partial charge in [-0.05, 0) is 29.8 Å². The Hall–Kier alpha value is -4.06. The summed E-state index contributed by atoms with van der Waals surface area (Å²) in [5, 5.41) is 15.2. The zero-order valence-electron chi connectivity index (χ0n) is 18.4. The summed E-state index contributed by atoms with van der Waals surface area (Å²) in [6, 6.07) is 9.58. The Morgan fingerprint density at radius 2 is 1.91 bits per heavy atom. The average Bonchev–Trinajstić information content (AvgIpc) is 3.18. The first-order valence-electron chi connectivity index (χ1n) is 10.5. The van der Waals surface area contributed by atoms with Gasteiger partial charge in [-0.2, -0.15) is 0 Å². The number of ketones is 1. The van der Waals surface area contributed by atoms with Crippen LogP contribution in [0.25, 0.3) is 0 Å². The largest absolute Gasteiger partial charge is 0.501 e. The molecule has 3 aromatic rings. The minimum atomic E-state index is -3.33. The van der Waals surface area contributed by atoms with E-state index in [0.717, 1.165) is 11.6 Å². The summed E-state index contributed by atoms with van der Waals surface area (Å²) in [6.45, 7) is -0.979. The van der Waals surface area contributed by atoms with Crippen LogP contribution in [-0.4, -0.2) is 43.8 Å². The van der Waals surface area contributed by atoms with Gasteiger partial charge in [-0.25, -0.2) is 18.2 Å². The van der Waals surface area contributed by atoms with E-state index in [1.54, 1.807) is 0 Å². The maximum absolute atomic E-state index is 14.4. The highest BCUT2D eigenvalue weighted by Crippen LogP contribution is 2.40. The number of nitrogens with zero attached hydrogens (tertiary/aromatic N) is 3. The van der Waals surface area contributed by atoms with Crippen molar-refractivity contribution in [2.45, 2.75) is 24.4 Å². The minimum Gasteiger partial charge on any atom is -0.501 e. The van der Waals surface area contributed by atoms with Crippen molar-refractivity contribution in [1.29, 1.82) is 0 Å². The first-order chi connectivity index (χ1) is 16.5. The number of nitrogens with one attached hydrogen (secondary N) is 2. The molecule has 0 unspecified atom stereocenters. The number of pyridine rings is 1. The van der Waals surface area contributed by atoms with Crippen LogP contribution in [0.3, 0.4) is 0 Å². The highest BCUT2D eigenvalue weighted by molar-refractivity contribution is 6.02. The van der Waals surface area contributed by atoms with E-state index in [0.29, 0.717) is 5.56 Å². The van der Waals surface area contributed by atoms with Crippen LogP contribution in [-0.2, 0) is 19.1 Å². The Morgan fingerprint density at radius 3 is 2.51 bits per heavy atom. The topological polar surface area (TPSA) is 126 Å². The van der Waals surface area contributed by atoms with Crippen molar-refractivity contribution in [3.63, 3.8) is 0 Å². The maximum atomic E-state index is 14.4. The predicted molar refractivity (Wildman–Crippen MR) is 117 cm³/mol. The molecule has 12 heteroatoms. The van der Waals surface area contributed by atoms with Gasteiger partial charge in [-0.3, -0.25) is 29.3 Å². The third kappa shape index (κ3) is 4.52. The van der Waals surface area contributed by atoms with Crippen LogP contribution in [0.2, 0.25) is 0 Å². The van der Waals surface area contributed by atoms with E-state index in [1.807, 2.05) is 0 Å². The standard InChI is InChI=1S/C23H20F3N5O4/c1-31-20(35)17(32)16(19(34)28-10-13-5-7-14(24)8-6-13)30-21(31)23(11-22(25,26)12-29-23)18(33)15-4-2-3-9-27-15/h2-9,29,32H,10-12H2,1H3,(H,28,34)/t23-/m1/s1. The van der Waals surface area contributed by atoms with Gasteiger partial charge in [0.2, 0.25) is 11.5 Å². The lowest BCUT2D eigenvalue weighted by Gasteiger charge is -2.28. The maximum Gasteiger partial charge on any atom is 0.296 e. The summed E-state index contributed by atoms with van der Waals surface area (Å²) >= 11 is 0. The van der Waals surface area contributed by atoms with Gasteiger partial charge < -0.3 is 10.4 Å². The second kappa shape index (κ2) is 8.95. The van der Waals surface area contributed by atoms with E-state index in [9.17, 15) is 32.7 Å². The molecule has 0 saturated carbocycles. The predicted octanol–water partition coefficient (Wildman–Crippen LogP) is 1.66. The molecular weight excluding hydrogens is 467 g/mol. The fourth-order valence-electron chi connectivity index (χ4n) is 3.93. The zero-order valence-corrected chi connectivity index (χ0v) is 18.4. The molecule has 1 amide bonds. The first-order valence-corrected chi connectivity index (χ1v) is 10.5. The third-order valence-electron chi connectivity index (χ3n) is 5.69. The number of halogens is 3. The van der Waals surface area contributed by atoms with E-state index in [4.69, 9.17) is 0 Å². The second-order valence-electron chi connectivity index (χ2n) is 8.14. The Labute approximate surface area is 196 Å². The molecule has 0 bridgehead atoms. The van der Waals surface area contributed by atoms with Crippen LogP contribution in [0.15, 0.2) is 53.5 Å². The Balaban J connectivity index is 1.77. The lowest BCUT2D eigenvalue weighted by Crippen LogP contribution is -2.49. The summed E-state index contributed by atoms with van der Waals surface area (Å²) in [6.07, 6.45) is 0.267. The molecule has 4 rings (SSSR count). The molecule has 1 aliphatic rings. The van der Waals surface area contributed by atoms with Crippen molar-refractivity contribution in [2.24, 2.45) is 7.05 Å². The molecule has 1 fully saturated rings. The SMILES string of the molecule is Cn1c([C@]2(C(=O)c3ccccn3)CC(F)(F)CN2)nc(C(=O)NCc2ccc(F)cc2)c(O)c1=O. The van der Waals surface area contributed by atoms with Crippen molar-refractivity contribution >= 4 is 11.7 Å². The fourth-order valence-corrected chi connectivity index (χ4v) is 3.93. The van der Waals surface area contributed by atoms with E-state index in [2.05, 4.69) is 20.6 Å². The Morgan fingerprint density at radius 1 is 1.20 bits per heavy atom. The molecule has 2 aromatic heterocycles. The molecule has 0 spiro atoms. The number of amides is 1.